The first kappa shape index (κ1) is 21.0. The van der Waals surface area contributed by atoms with Crippen LogP contribution in [0.15, 0.2) is 58.2 Å². The van der Waals surface area contributed by atoms with Crippen LogP contribution in [0.3, 0.4) is 0 Å². The SMILES string of the molecule is CCn1nc(C(=O)NNC(=O)CSc2ccc([N+](=O)[O-])cc2)c2ccccc2c1=O. The Morgan fingerprint density at radius 2 is 1.77 bits per heavy atom. The van der Waals surface area contributed by atoms with Gasteiger partial charge in [0.15, 0.2) is 5.69 Å². The molecule has 3 aromatic rings. The van der Waals surface area contributed by atoms with Crippen molar-refractivity contribution in [2.24, 2.45) is 0 Å². The second kappa shape index (κ2) is 9.18. The molecule has 0 saturated heterocycles. The van der Waals surface area contributed by atoms with Crippen molar-refractivity contribution in [1.29, 1.82) is 0 Å². The van der Waals surface area contributed by atoms with E-state index in [1.54, 1.807) is 43.3 Å². The van der Waals surface area contributed by atoms with Crippen LogP contribution in [0.5, 0.6) is 0 Å². The first-order chi connectivity index (χ1) is 14.4. The van der Waals surface area contributed by atoms with Crippen LogP contribution in [0.2, 0.25) is 0 Å². The molecule has 3 rings (SSSR count). The van der Waals surface area contributed by atoms with E-state index >= 15 is 0 Å². The Balaban J connectivity index is 1.64. The lowest BCUT2D eigenvalue weighted by atomic mass is 10.1. The van der Waals surface area contributed by atoms with E-state index in [2.05, 4.69) is 16.0 Å². The van der Waals surface area contributed by atoms with Crippen LogP contribution in [-0.4, -0.2) is 32.3 Å². The van der Waals surface area contributed by atoms with Crippen LogP contribution in [0.1, 0.15) is 17.4 Å². The monoisotopic (exact) mass is 427 g/mol. The van der Waals surface area contributed by atoms with Gasteiger partial charge in [0.05, 0.1) is 16.1 Å². The Hall–Kier alpha value is -3.73. The number of hydrogen-bond donors (Lipinski definition) is 2. The van der Waals surface area contributed by atoms with E-state index < -0.39 is 16.7 Å². The zero-order valence-electron chi connectivity index (χ0n) is 15.8. The minimum absolute atomic E-state index is 0.0132. The topological polar surface area (TPSA) is 136 Å². The number of amides is 2. The van der Waals surface area contributed by atoms with Crippen LogP contribution in [0, 0.1) is 10.1 Å². The summed E-state index contributed by atoms with van der Waals surface area (Å²) in [5.74, 6) is -1.14. The van der Waals surface area contributed by atoms with Gasteiger partial charge in [0.2, 0.25) is 5.91 Å². The number of nitro benzene ring substituents is 1. The molecule has 0 radical (unpaired) electrons. The summed E-state index contributed by atoms with van der Waals surface area (Å²) >= 11 is 1.16. The largest absolute Gasteiger partial charge is 0.290 e. The van der Waals surface area contributed by atoms with Gasteiger partial charge in [-0.15, -0.1) is 11.8 Å². The molecule has 0 unspecified atom stereocenters. The lowest BCUT2D eigenvalue weighted by Gasteiger charge is -2.11. The number of nitro groups is 1. The quantitative estimate of drug-likeness (QED) is 0.348. The highest BCUT2D eigenvalue weighted by atomic mass is 32.2. The van der Waals surface area contributed by atoms with Gasteiger partial charge in [-0.1, -0.05) is 18.2 Å². The van der Waals surface area contributed by atoms with Crippen molar-refractivity contribution in [3.8, 4) is 0 Å². The number of aromatic nitrogens is 2. The van der Waals surface area contributed by atoms with Crippen LogP contribution in [0.4, 0.5) is 5.69 Å². The number of nitrogens with zero attached hydrogens (tertiary/aromatic N) is 3. The smallest absolute Gasteiger partial charge is 0.272 e. The van der Waals surface area contributed by atoms with E-state index in [1.165, 1.54) is 16.8 Å². The van der Waals surface area contributed by atoms with Crippen LogP contribution in [-0.2, 0) is 11.3 Å². The minimum atomic E-state index is -0.651. The fourth-order valence-electron chi connectivity index (χ4n) is 2.65. The molecule has 30 heavy (non-hydrogen) atoms. The van der Waals surface area contributed by atoms with Crippen molar-refractivity contribution in [2.45, 2.75) is 18.4 Å². The number of rotatable bonds is 6. The number of carbonyl (C=O) groups is 2. The molecule has 1 heterocycles. The fourth-order valence-corrected chi connectivity index (χ4v) is 3.35. The third-order valence-electron chi connectivity index (χ3n) is 4.12. The molecule has 0 fully saturated rings. The number of fused-ring (bicyclic) bond motifs is 1. The van der Waals surface area contributed by atoms with Crippen molar-refractivity contribution in [1.82, 2.24) is 20.6 Å². The number of nitrogens with one attached hydrogen (secondary N) is 2. The van der Waals surface area contributed by atoms with E-state index in [0.29, 0.717) is 22.2 Å². The standard InChI is InChI=1S/C19H17N5O5S/c1-2-23-19(27)15-6-4-3-5-14(15)17(22-23)18(26)21-20-16(25)11-30-13-9-7-12(8-10-13)24(28)29/h3-10H,2,11H2,1H3,(H,20,25)(H,21,26). The lowest BCUT2D eigenvalue weighted by molar-refractivity contribution is -0.384. The Morgan fingerprint density at radius 1 is 1.10 bits per heavy atom. The first-order valence-corrected chi connectivity index (χ1v) is 9.85. The summed E-state index contributed by atoms with van der Waals surface area (Å²) < 4.78 is 1.18. The second-order valence-electron chi connectivity index (χ2n) is 6.06. The Labute approximate surface area is 174 Å². The van der Waals surface area contributed by atoms with Crippen LogP contribution < -0.4 is 16.4 Å². The third-order valence-corrected chi connectivity index (χ3v) is 5.13. The van der Waals surface area contributed by atoms with Crippen molar-refractivity contribution < 1.29 is 14.5 Å². The average molecular weight is 427 g/mol. The molecule has 0 saturated carbocycles. The van der Waals surface area contributed by atoms with Gasteiger partial charge in [-0.05, 0) is 25.1 Å². The van der Waals surface area contributed by atoms with Crippen molar-refractivity contribution >= 4 is 40.0 Å². The summed E-state index contributed by atoms with van der Waals surface area (Å²) in [6.45, 7) is 2.03. The number of carbonyl (C=O) groups excluding carboxylic acids is 2. The fraction of sp³-hybridized carbons (Fsp3) is 0.158. The summed E-state index contributed by atoms with van der Waals surface area (Å²) in [5.41, 5.74) is 4.29. The molecule has 2 amide bonds. The van der Waals surface area contributed by atoms with Gasteiger partial charge in [-0.2, -0.15) is 5.10 Å². The van der Waals surface area contributed by atoms with Gasteiger partial charge in [-0.3, -0.25) is 35.3 Å². The van der Waals surface area contributed by atoms with Crippen LogP contribution in [0.25, 0.3) is 10.8 Å². The Bertz CT molecular complexity index is 1180. The normalized spacial score (nSPS) is 10.6. The Morgan fingerprint density at radius 3 is 2.40 bits per heavy atom. The summed E-state index contributed by atoms with van der Waals surface area (Å²) in [6.07, 6.45) is 0. The summed E-state index contributed by atoms with van der Waals surface area (Å²) in [7, 11) is 0. The lowest BCUT2D eigenvalue weighted by Crippen LogP contribution is -2.43. The predicted octanol–water partition coefficient (Wildman–Crippen LogP) is 1.88. The van der Waals surface area contributed by atoms with Gasteiger partial charge in [0.1, 0.15) is 0 Å². The molecule has 0 aliphatic rings. The molecule has 0 aliphatic carbocycles. The van der Waals surface area contributed by atoms with E-state index in [4.69, 9.17) is 0 Å². The molecule has 0 bridgehead atoms. The molecule has 11 heteroatoms. The van der Waals surface area contributed by atoms with Crippen molar-refractivity contribution in [3.63, 3.8) is 0 Å². The highest BCUT2D eigenvalue weighted by molar-refractivity contribution is 8.00. The number of non-ortho nitro benzene ring substituents is 1. The van der Waals surface area contributed by atoms with Gasteiger partial charge < -0.3 is 0 Å². The summed E-state index contributed by atoms with van der Waals surface area (Å²) in [5, 5.41) is 15.5. The number of aryl methyl sites for hydroxylation is 1. The van der Waals surface area contributed by atoms with E-state index in [1.807, 2.05) is 0 Å². The molecule has 2 aromatic carbocycles. The average Bonchev–Trinajstić information content (AvgIpc) is 2.76. The van der Waals surface area contributed by atoms with Crippen LogP contribution >= 0.6 is 11.8 Å². The van der Waals surface area contributed by atoms with Gasteiger partial charge in [0.25, 0.3) is 17.2 Å². The molecular weight excluding hydrogens is 410 g/mol. The van der Waals surface area contributed by atoms with E-state index in [0.717, 1.165) is 11.8 Å². The molecule has 10 nitrogen and oxygen atoms in total. The number of hydrogen-bond acceptors (Lipinski definition) is 7. The van der Waals surface area contributed by atoms with Crippen molar-refractivity contribution in [3.05, 3.63) is 74.7 Å². The number of hydrazine groups is 1. The van der Waals surface area contributed by atoms with Gasteiger partial charge in [0, 0.05) is 29.0 Å². The van der Waals surface area contributed by atoms with Gasteiger partial charge in [-0.25, -0.2) is 4.68 Å². The molecule has 0 atom stereocenters. The molecular formula is C19H17N5O5S. The van der Waals surface area contributed by atoms with Crippen molar-refractivity contribution in [2.75, 3.05) is 5.75 Å². The number of thioether (sulfide) groups is 1. The highest BCUT2D eigenvalue weighted by Gasteiger charge is 2.17. The maximum atomic E-state index is 12.5. The molecule has 0 spiro atoms. The summed E-state index contributed by atoms with van der Waals surface area (Å²) in [6, 6.07) is 12.4. The molecule has 154 valence electrons. The number of benzene rings is 2. The minimum Gasteiger partial charge on any atom is -0.272 e. The predicted molar refractivity (Wildman–Crippen MR) is 111 cm³/mol. The Kier molecular flexibility index (Phi) is 6.42. The third kappa shape index (κ3) is 4.63. The molecule has 2 N–H and O–H groups in total. The first-order valence-electron chi connectivity index (χ1n) is 8.87. The van der Waals surface area contributed by atoms with E-state index in [-0.39, 0.29) is 22.7 Å². The maximum Gasteiger partial charge on any atom is 0.290 e. The zero-order chi connectivity index (χ0) is 21.7. The highest BCUT2D eigenvalue weighted by Crippen LogP contribution is 2.21. The van der Waals surface area contributed by atoms with Gasteiger partial charge >= 0.3 is 0 Å². The maximum absolute atomic E-state index is 12.5. The van der Waals surface area contributed by atoms with E-state index in [9.17, 15) is 24.5 Å². The second-order valence-corrected chi connectivity index (χ2v) is 7.11. The summed E-state index contributed by atoms with van der Waals surface area (Å²) in [4.78, 5) is 47.7. The molecule has 0 aliphatic heterocycles. The molecule has 1 aromatic heterocycles. The zero-order valence-corrected chi connectivity index (χ0v) is 16.6.